The van der Waals surface area contributed by atoms with E-state index in [1.165, 1.54) is 0 Å². The Morgan fingerprint density at radius 2 is 1.60 bits per heavy atom. The first-order valence-corrected chi connectivity index (χ1v) is 5.65. The number of piperidine rings is 2. The molecule has 2 aliphatic heterocycles. The van der Waals surface area contributed by atoms with Gasteiger partial charge < -0.3 is 5.32 Å². The number of nitrogens with zero attached hydrogens (tertiary/aromatic N) is 1. The molecule has 2 aliphatic rings. The molecule has 2 fully saturated rings. The maximum absolute atomic E-state index is 13.8. The van der Waals surface area contributed by atoms with Crippen LogP contribution in [-0.4, -0.2) is 42.5 Å². The number of hydrogen-bond donors (Lipinski definition) is 1. The van der Waals surface area contributed by atoms with Crippen molar-refractivity contribution in [3.8, 4) is 0 Å². The van der Waals surface area contributed by atoms with E-state index < -0.39 is 17.8 Å². The fraction of sp³-hybridized carbons (Fsp3) is 1.00. The molecule has 2 bridgehead atoms. The Morgan fingerprint density at radius 1 is 1.13 bits per heavy atom. The number of fused-ring (bicyclic) bond motifs is 2. The van der Waals surface area contributed by atoms with E-state index in [0.29, 0.717) is 26.2 Å². The molecular formula is C11H20F2N2. The summed E-state index contributed by atoms with van der Waals surface area (Å²) < 4.78 is 27.6. The maximum atomic E-state index is 13.8. The van der Waals surface area contributed by atoms with Gasteiger partial charge in [0.1, 0.15) is 0 Å². The fourth-order valence-corrected chi connectivity index (χ4v) is 2.56. The lowest BCUT2D eigenvalue weighted by Crippen LogP contribution is -2.65. The molecule has 88 valence electrons. The van der Waals surface area contributed by atoms with Crippen molar-refractivity contribution in [2.45, 2.75) is 32.2 Å². The molecule has 2 saturated heterocycles. The standard InChI is InChI=1S/C11H20F2N2/c1-10(2,3)15-6-8-4-14-5-9(7-15)11(8,12)13/h8-9,14H,4-7H2,1-3H3. The first-order valence-electron chi connectivity index (χ1n) is 5.65. The highest BCUT2D eigenvalue weighted by atomic mass is 19.3. The Bertz CT molecular complexity index is 231. The minimum absolute atomic E-state index is 0.00431. The van der Waals surface area contributed by atoms with E-state index in [1.54, 1.807) is 0 Å². The molecule has 0 spiro atoms. The first-order chi connectivity index (χ1) is 6.82. The van der Waals surface area contributed by atoms with Crippen LogP contribution >= 0.6 is 0 Å². The van der Waals surface area contributed by atoms with Crippen LogP contribution in [0.1, 0.15) is 20.8 Å². The average molecular weight is 218 g/mol. The molecule has 0 saturated carbocycles. The second-order valence-corrected chi connectivity index (χ2v) is 5.80. The fourth-order valence-electron chi connectivity index (χ4n) is 2.56. The normalized spacial score (nSPS) is 36.6. The molecule has 0 amide bonds. The zero-order valence-corrected chi connectivity index (χ0v) is 9.69. The van der Waals surface area contributed by atoms with Crippen molar-refractivity contribution in [1.82, 2.24) is 10.2 Å². The van der Waals surface area contributed by atoms with Crippen LogP contribution in [0.15, 0.2) is 0 Å². The van der Waals surface area contributed by atoms with Gasteiger partial charge in [0.25, 0.3) is 5.92 Å². The zero-order chi connectivity index (χ0) is 11.3. The van der Waals surface area contributed by atoms with Crippen LogP contribution in [0.25, 0.3) is 0 Å². The Balaban J connectivity index is 2.16. The lowest BCUT2D eigenvalue weighted by Gasteiger charge is -2.51. The van der Waals surface area contributed by atoms with E-state index in [9.17, 15) is 8.78 Å². The maximum Gasteiger partial charge on any atom is 0.258 e. The summed E-state index contributed by atoms with van der Waals surface area (Å²) in [5.74, 6) is -3.49. The van der Waals surface area contributed by atoms with Gasteiger partial charge in [0.2, 0.25) is 0 Å². The van der Waals surface area contributed by atoms with Crippen molar-refractivity contribution in [1.29, 1.82) is 0 Å². The van der Waals surface area contributed by atoms with Crippen LogP contribution in [0.5, 0.6) is 0 Å². The van der Waals surface area contributed by atoms with Crippen LogP contribution < -0.4 is 5.32 Å². The van der Waals surface area contributed by atoms with E-state index in [1.807, 2.05) is 0 Å². The molecule has 0 aromatic heterocycles. The summed E-state index contributed by atoms with van der Waals surface area (Å²) in [6.45, 7) is 8.23. The topological polar surface area (TPSA) is 15.3 Å². The molecule has 15 heavy (non-hydrogen) atoms. The number of nitrogens with one attached hydrogen (secondary N) is 1. The first kappa shape index (κ1) is 11.3. The molecule has 2 atom stereocenters. The Labute approximate surface area is 90.0 Å². The summed E-state index contributed by atoms with van der Waals surface area (Å²) >= 11 is 0. The van der Waals surface area contributed by atoms with Crippen LogP contribution in [0, 0.1) is 11.8 Å². The van der Waals surface area contributed by atoms with Crippen molar-refractivity contribution in [3.63, 3.8) is 0 Å². The highest BCUT2D eigenvalue weighted by Gasteiger charge is 2.54. The molecule has 2 unspecified atom stereocenters. The largest absolute Gasteiger partial charge is 0.316 e. The van der Waals surface area contributed by atoms with Gasteiger partial charge in [0.05, 0.1) is 0 Å². The summed E-state index contributed by atoms with van der Waals surface area (Å²) in [5.41, 5.74) is 0.00431. The minimum Gasteiger partial charge on any atom is -0.316 e. The van der Waals surface area contributed by atoms with E-state index in [0.717, 1.165) is 0 Å². The number of halogens is 2. The van der Waals surface area contributed by atoms with Crippen LogP contribution in [0.4, 0.5) is 8.78 Å². The summed E-state index contributed by atoms with van der Waals surface area (Å²) in [7, 11) is 0. The van der Waals surface area contributed by atoms with Crippen molar-refractivity contribution in [2.75, 3.05) is 26.2 Å². The van der Waals surface area contributed by atoms with Crippen molar-refractivity contribution in [3.05, 3.63) is 0 Å². The lowest BCUT2D eigenvalue weighted by atomic mass is 9.80. The predicted octanol–water partition coefficient (Wildman–Crippen LogP) is 1.57. The van der Waals surface area contributed by atoms with Crippen LogP contribution in [0.3, 0.4) is 0 Å². The molecular weight excluding hydrogens is 198 g/mol. The van der Waals surface area contributed by atoms with E-state index in [-0.39, 0.29) is 5.54 Å². The van der Waals surface area contributed by atoms with Gasteiger partial charge in [-0.05, 0) is 20.8 Å². The number of rotatable bonds is 0. The predicted molar refractivity (Wildman–Crippen MR) is 56.1 cm³/mol. The number of hydrogen-bond acceptors (Lipinski definition) is 2. The van der Waals surface area contributed by atoms with Crippen LogP contribution in [0.2, 0.25) is 0 Å². The summed E-state index contributed by atoms with van der Waals surface area (Å²) in [6.07, 6.45) is 0. The molecule has 2 heterocycles. The van der Waals surface area contributed by atoms with Gasteiger partial charge in [-0.1, -0.05) is 0 Å². The number of alkyl halides is 2. The zero-order valence-electron chi connectivity index (χ0n) is 9.69. The molecule has 4 heteroatoms. The molecule has 0 aromatic carbocycles. The van der Waals surface area contributed by atoms with Gasteiger partial charge >= 0.3 is 0 Å². The van der Waals surface area contributed by atoms with Gasteiger partial charge in [0, 0.05) is 43.6 Å². The van der Waals surface area contributed by atoms with Crippen molar-refractivity contribution in [2.24, 2.45) is 11.8 Å². The summed E-state index contributed by atoms with van der Waals surface area (Å²) in [6, 6.07) is 0. The van der Waals surface area contributed by atoms with Crippen molar-refractivity contribution >= 4 is 0 Å². The summed E-state index contributed by atoms with van der Waals surface area (Å²) in [5, 5.41) is 3.11. The second-order valence-electron chi connectivity index (χ2n) is 5.80. The lowest BCUT2D eigenvalue weighted by molar-refractivity contribution is -0.174. The highest BCUT2D eigenvalue weighted by molar-refractivity contribution is 5.00. The molecule has 1 N–H and O–H groups in total. The van der Waals surface area contributed by atoms with Gasteiger partial charge in [-0.2, -0.15) is 0 Å². The average Bonchev–Trinajstić information content (AvgIpc) is 1.97. The SMILES string of the molecule is CC(C)(C)N1CC2CNCC(C1)C2(F)F. The summed E-state index contributed by atoms with van der Waals surface area (Å²) in [4.78, 5) is 2.20. The third kappa shape index (κ3) is 1.89. The smallest absolute Gasteiger partial charge is 0.258 e. The van der Waals surface area contributed by atoms with Gasteiger partial charge in [-0.3, -0.25) is 4.90 Å². The third-order valence-electron chi connectivity index (χ3n) is 3.70. The monoisotopic (exact) mass is 218 g/mol. The quantitative estimate of drug-likeness (QED) is 0.664. The van der Waals surface area contributed by atoms with Crippen LogP contribution in [-0.2, 0) is 0 Å². The highest BCUT2D eigenvalue weighted by Crippen LogP contribution is 2.41. The molecule has 2 rings (SSSR count). The van der Waals surface area contributed by atoms with Crippen molar-refractivity contribution < 1.29 is 8.78 Å². The molecule has 0 radical (unpaired) electrons. The molecule has 0 aromatic rings. The third-order valence-corrected chi connectivity index (χ3v) is 3.70. The van der Waals surface area contributed by atoms with Gasteiger partial charge in [0.15, 0.2) is 0 Å². The van der Waals surface area contributed by atoms with E-state index in [2.05, 4.69) is 31.0 Å². The minimum atomic E-state index is -2.47. The van der Waals surface area contributed by atoms with Gasteiger partial charge in [-0.15, -0.1) is 0 Å². The Kier molecular flexibility index (Phi) is 2.54. The van der Waals surface area contributed by atoms with E-state index >= 15 is 0 Å². The number of likely N-dealkylation sites (tertiary alicyclic amines) is 1. The molecule has 2 nitrogen and oxygen atoms in total. The van der Waals surface area contributed by atoms with E-state index in [4.69, 9.17) is 0 Å². The Morgan fingerprint density at radius 3 is 2.00 bits per heavy atom. The Hall–Kier alpha value is -0.220. The van der Waals surface area contributed by atoms with Gasteiger partial charge in [-0.25, -0.2) is 8.78 Å². The molecule has 0 aliphatic carbocycles. The second kappa shape index (κ2) is 3.39.